The molecule has 0 aliphatic heterocycles. The lowest BCUT2D eigenvalue weighted by molar-refractivity contribution is -0.142. The highest BCUT2D eigenvalue weighted by atomic mass is 16.6. The van der Waals surface area contributed by atoms with Gasteiger partial charge in [0.1, 0.15) is 5.60 Å². The second kappa shape index (κ2) is 4.73. The van der Waals surface area contributed by atoms with Gasteiger partial charge in [0, 0.05) is 6.42 Å². The van der Waals surface area contributed by atoms with Crippen LogP contribution in [0.2, 0.25) is 0 Å². The van der Waals surface area contributed by atoms with Crippen LogP contribution >= 0.6 is 0 Å². The summed E-state index contributed by atoms with van der Waals surface area (Å²) in [5.74, 6) is -1.97. The minimum absolute atomic E-state index is 0.0319. The number of amides is 1. The zero-order chi connectivity index (χ0) is 13.2. The van der Waals surface area contributed by atoms with Crippen LogP contribution in [0.25, 0.3) is 0 Å². The molecule has 6 nitrogen and oxygen atoms in total. The van der Waals surface area contributed by atoms with Crippen LogP contribution in [0.1, 0.15) is 33.6 Å². The maximum Gasteiger partial charge on any atom is 0.408 e. The van der Waals surface area contributed by atoms with Crippen molar-refractivity contribution in [3.8, 4) is 0 Å². The average molecular weight is 243 g/mol. The lowest BCUT2D eigenvalue weighted by atomic mass is 10.1. The number of carboxylic acids is 1. The SMILES string of the molecule is CC(C)(C)OC(=O)NC1CC(C(=O)O)CC1=O. The number of alkyl carbamates (subject to hydrolysis) is 1. The Morgan fingerprint density at radius 3 is 2.41 bits per heavy atom. The van der Waals surface area contributed by atoms with Crippen LogP contribution in [-0.2, 0) is 14.3 Å². The highest BCUT2D eigenvalue weighted by Gasteiger charge is 2.38. The number of hydrogen-bond donors (Lipinski definition) is 2. The Hall–Kier alpha value is -1.59. The molecule has 1 aliphatic rings. The van der Waals surface area contributed by atoms with Crippen molar-refractivity contribution in [3.05, 3.63) is 0 Å². The Bertz CT molecular complexity index is 344. The second-order valence-corrected chi connectivity index (χ2v) is 5.14. The molecule has 0 aromatic carbocycles. The van der Waals surface area contributed by atoms with Gasteiger partial charge in [-0.1, -0.05) is 0 Å². The number of hydrogen-bond acceptors (Lipinski definition) is 4. The lowest BCUT2D eigenvalue weighted by Crippen LogP contribution is -2.41. The molecular weight excluding hydrogens is 226 g/mol. The van der Waals surface area contributed by atoms with Gasteiger partial charge < -0.3 is 15.2 Å². The van der Waals surface area contributed by atoms with Crippen molar-refractivity contribution >= 4 is 17.8 Å². The molecule has 2 atom stereocenters. The van der Waals surface area contributed by atoms with E-state index in [1.165, 1.54) is 0 Å². The van der Waals surface area contributed by atoms with Gasteiger partial charge in [-0.3, -0.25) is 9.59 Å². The van der Waals surface area contributed by atoms with Crippen molar-refractivity contribution in [3.63, 3.8) is 0 Å². The largest absolute Gasteiger partial charge is 0.481 e. The average Bonchev–Trinajstić information content (AvgIpc) is 2.44. The minimum atomic E-state index is -1.01. The molecule has 2 N–H and O–H groups in total. The normalized spacial score (nSPS) is 24.5. The predicted octanol–water partition coefficient (Wildman–Crippen LogP) is 0.943. The molecule has 0 aromatic heterocycles. The standard InChI is InChI=1S/C11H17NO5/c1-11(2,3)17-10(16)12-7-4-6(9(14)15)5-8(7)13/h6-7H,4-5H2,1-3H3,(H,12,16)(H,14,15). The van der Waals surface area contributed by atoms with E-state index in [1.54, 1.807) is 20.8 Å². The zero-order valence-corrected chi connectivity index (χ0v) is 10.1. The van der Waals surface area contributed by atoms with E-state index in [2.05, 4.69) is 5.32 Å². The number of nitrogens with one attached hydrogen (secondary N) is 1. The van der Waals surface area contributed by atoms with Crippen molar-refractivity contribution in [2.45, 2.75) is 45.3 Å². The molecule has 1 saturated carbocycles. The monoisotopic (exact) mass is 243 g/mol. The van der Waals surface area contributed by atoms with Gasteiger partial charge in [0.15, 0.2) is 5.78 Å². The molecule has 0 aromatic rings. The van der Waals surface area contributed by atoms with Crippen LogP contribution in [0.3, 0.4) is 0 Å². The van der Waals surface area contributed by atoms with Gasteiger partial charge in [-0.25, -0.2) is 4.79 Å². The molecule has 17 heavy (non-hydrogen) atoms. The second-order valence-electron chi connectivity index (χ2n) is 5.14. The van der Waals surface area contributed by atoms with Crippen molar-refractivity contribution in [1.29, 1.82) is 0 Å². The Labute approximate surface area is 99.3 Å². The Morgan fingerprint density at radius 2 is 2.00 bits per heavy atom. The molecule has 1 amide bonds. The van der Waals surface area contributed by atoms with Gasteiger partial charge in [-0.2, -0.15) is 0 Å². The van der Waals surface area contributed by atoms with E-state index >= 15 is 0 Å². The van der Waals surface area contributed by atoms with Gasteiger partial charge in [-0.15, -0.1) is 0 Å². The van der Waals surface area contributed by atoms with Crippen LogP contribution in [-0.4, -0.2) is 34.6 Å². The van der Waals surface area contributed by atoms with E-state index in [0.717, 1.165) is 0 Å². The third-order valence-corrected chi connectivity index (χ3v) is 2.40. The topological polar surface area (TPSA) is 92.7 Å². The fraction of sp³-hybridized carbons (Fsp3) is 0.727. The molecule has 0 spiro atoms. The lowest BCUT2D eigenvalue weighted by Gasteiger charge is -2.21. The van der Waals surface area contributed by atoms with Crippen LogP contribution < -0.4 is 5.32 Å². The number of carboxylic acid groups (broad SMARTS) is 1. The highest BCUT2D eigenvalue weighted by Crippen LogP contribution is 2.23. The first-order valence-electron chi connectivity index (χ1n) is 5.44. The summed E-state index contributed by atoms with van der Waals surface area (Å²) in [6, 6.07) is -0.744. The van der Waals surface area contributed by atoms with E-state index in [9.17, 15) is 14.4 Å². The molecule has 0 bridgehead atoms. The fourth-order valence-electron chi connectivity index (χ4n) is 1.66. The van der Waals surface area contributed by atoms with Crippen LogP contribution in [0.4, 0.5) is 4.79 Å². The number of carbonyl (C=O) groups is 3. The van der Waals surface area contributed by atoms with Gasteiger partial charge >= 0.3 is 12.1 Å². The first-order chi connectivity index (χ1) is 7.69. The quantitative estimate of drug-likeness (QED) is 0.753. The third-order valence-electron chi connectivity index (χ3n) is 2.40. The van der Waals surface area contributed by atoms with Crippen LogP contribution in [0.5, 0.6) is 0 Å². The molecular formula is C11H17NO5. The predicted molar refractivity (Wildman–Crippen MR) is 58.5 cm³/mol. The number of ether oxygens (including phenoxy) is 1. The molecule has 0 radical (unpaired) electrons. The summed E-state index contributed by atoms with van der Waals surface area (Å²) in [5.41, 5.74) is -0.641. The van der Waals surface area contributed by atoms with E-state index in [-0.39, 0.29) is 18.6 Å². The minimum Gasteiger partial charge on any atom is -0.481 e. The maximum absolute atomic E-state index is 11.5. The van der Waals surface area contributed by atoms with Gasteiger partial charge in [0.05, 0.1) is 12.0 Å². The summed E-state index contributed by atoms with van der Waals surface area (Å²) in [4.78, 5) is 33.6. The van der Waals surface area contributed by atoms with E-state index in [0.29, 0.717) is 0 Å². The number of ketones is 1. The number of aliphatic carboxylic acids is 1. The Morgan fingerprint density at radius 1 is 1.41 bits per heavy atom. The molecule has 0 saturated heterocycles. The van der Waals surface area contributed by atoms with Crippen molar-refractivity contribution in [2.75, 3.05) is 0 Å². The van der Waals surface area contributed by atoms with E-state index in [4.69, 9.17) is 9.84 Å². The van der Waals surface area contributed by atoms with Crippen molar-refractivity contribution in [1.82, 2.24) is 5.32 Å². The number of carbonyl (C=O) groups excluding carboxylic acids is 2. The first kappa shape index (κ1) is 13.5. The molecule has 1 rings (SSSR count). The van der Waals surface area contributed by atoms with E-state index in [1.807, 2.05) is 0 Å². The Balaban J connectivity index is 2.50. The summed E-state index contributed by atoms with van der Waals surface area (Å²) in [6.45, 7) is 5.13. The molecule has 96 valence electrons. The number of Topliss-reactive ketones (excluding diaryl/α,β-unsaturated/α-hetero) is 1. The van der Waals surface area contributed by atoms with E-state index < -0.39 is 29.6 Å². The molecule has 1 fully saturated rings. The van der Waals surface area contributed by atoms with Gasteiger partial charge in [0.2, 0.25) is 0 Å². The summed E-state index contributed by atoms with van der Waals surface area (Å²) < 4.78 is 4.99. The molecule has 1 aliphatic carbocycles. The van der Waals surface area contributed by atoms with Gasteiger partial charge in [-0.05, 0) is 27.2 Å². The van der Waals surface area contributed by atoms with Crippen LogP contribution in [0, 0.1) is 5.92 Å². The molecule has 6 heteroatoms. The Kier molecular flexibility index (Phi) is 3.75. The smallest absolute Gasteiger partial charge is 0.408 e. The van der Waals surface area contributed by atoms with Gasteiger partial charge in [0.25, 0.3) is 0 Å². The summed E-state index contributed by atoms with van der Waals surface area (Å²) in [5, 5.41) is 11.2. The highest BCUT2D eigenvalue weighted by molar-refractivity contribution is 5.93. The van der Waals surface area contributed by atoms with Crippen LogP contribution in [0.15, 0.2) is 0 Å². The number of rotatable bonds is 2. The fourth-order valence-corrected chi connectivity index (χ4v) is 1.66. The first-order valence-corrected chi connectivity index (χ1v) is 5.44. The summed E-state index contributed by atoms with van der Waals surface area (Å²) in [7, 11) is 0. The molecule has 2 unspecified atom stereocenters. The van der Waals surface area contributed by atoms with Crippen molar-refractivity contribution in [2.24, 2.45) is 5.92 Å². The zero-order valence-electron chi connectivity index (χ0n) is 10.1. The van der Waals surface area contributed by atoms with Crippen molar-refractivity contribution < 1.29 is 24.2 Å². The molecule has 0 heterocycles. The summed E-state index contributed by atoms with van der Waals surface area (Å²) >= 11 is 0. The summed E-state index contributed by atoms with van der Waals surface area (Å²) in [6.07, 6.45) is -0.592. The maximum atomic E-state index is 11.5. The third kappa shape index (κ3) is 4.05.